The van der Waals surface area contributed by atoms with Gasteiger partial charge in [0.1, 0.15) is 11.3 Å². The lowest BCUT2D eigenvalue weighted by atomic mass is 9.96. The lowest BCUT2D eigenvalue weighted by Crippen LogP contribution is -2.35. The summed E-state index contributed by atoms with van der Waals surface area (Å²) >= 11 is 0. The molecule has 0 bridgehead atoms. The number of hydrogen-bond donors (Lipinski definition) is 1. The molecule has 9 heteroatoms. The van der Waals surface area contributed by atoms with Crippen LogP contribution >= 0.6 is 0 Å². The Labute approximate surface area is 216 Å². The number of aryl methyl sites for hydroxylation is 2. The number of imidazole rings is 1. The molecule has 2 aromatic heterocycles. The average Bonchev–Trinajstić information content (AvgIpc) is 3.33. The van der Waals surface area contributed by atoms with Crippen LogP contribution in [0, 0.1) is 13.8 Å². The second-order valence-electron chi connectivity index (χ2n) is 9.30. The van der Waals surface area contributed by atoms with Crippen LogP contribution in [0.25, 0.3) is 11.4 Å². The summed E-state index contributed by atoms with van der Waals surface area (Å²) in [6.07, 6.45) is 1.86. The fourth-order valence-electron chi connectivity index (χ4n) is 4.68. The van der Waals surface area contributed by atoms with Gasteiger partial charge in [0.2, 0.25) is 0 Å². The molecule has 1 atom stereocenters. The van der Waals surface area contributed by atoms with Gasteiger partial charge in [0, 0.05) is 19.3 Å². The maximum atomic E-state index is 13.4. The molecule has 1 aliphatic heterocycles. The highest BCUT2D eigenvalue weighted by molar-refractivity contribution is 6.46. The molecule has 1 N–H and O–H groups in total. The number of likely N-dealkylation sites (tertiary alicyclic amines) is 1. The minimum atomic E-state index is -0.805. The van der Waals surface area contributed by atoms with E-state index >= 15 is 0 Å². The number of pyridine rings is 1. The Morgan fingerprint density at radius 1 is 1.08 bits per heavy atom. The number of carbonyl (C=O) groups is 2. The lowest BCUT2D eigenvalue weighted by Gasteiger charge is -2.27. The maximum absolute atomic E-state index is 13.4. The van der Waals surface area contributed by atoms with Crippen molar-refractivity contribution in [3.05, 3.63) is 64.6 Å². The van der Waals surface area contributed by atoms with Crippen molar-refractivity contribution < 1.29 is 24.2 Å². The number of Topliss-reactive ketones (excluding diaryl/α,β-unsaturated/α-hetero) is 1. The smallest absolute Gasteiger partial charge is 0.295 e. The fraction of sp³-hybridized carbons (Fsp3) is 0.393. The second-order valence-corrected chi connectivity index (χ2v) is 9.30. The van der Waals surface area contributed by atoms with Gasteiger partial charge in [-0.25, -0.2) is 4.98 Å². The monoisotopic (exact) mass is 506 g/mol. The second kappa shape index (κ2) is 10.6. The number of ether oxygens (including phenoxy) is 2. The number of hydrogen-bond acceptors (Lipinski definition) is 7. The van der Waals surface area contributed by atoms with E-state index < -0.39 is 17.7 Å². The molecule has 1 aliphatic rings. The SMILES string of the molecule is CCOc1ccc(C2/C(=C(\O)c3nc4c(C)cccn4c3C)C(=O)C(=O)N2CCN(C)C)cc1OCC. The topological polar surface area (TPSA) is 96.6 Å². The van der Waals surface area contributed by atoms with Crippen LogP contribution in [-0.2, 0) is 9.59 Å². The molecular formula is C28H34N4O5. The van der Waals surface area contributed by atoms with Gasteiger partial charge in [0.05, 0.1) is 30.5 Å². The van der Waals surface area contributed by atoms with E-state index in [0.29, 0.717) is 54.7 Å². The molecule has 9 nitrogen and oxygen atoms in total. The number of benzene rings is 1. The van der Waals surface area contributed by atoms with Crippen LogP contribution in [0.1, 0.15) is 42.4 Å². The van der Waals surface area contributed by atoms with Crippen LogP contribution < -0.4 is 9.47 Å². The molecule has 1 amide bonds. The number of likely N-dealkylation sites (N-methyl/N-ethyl adjacent to an activating group) is 1. The van der Waals surface area contributed by atoms with Crippen molar-refractivity contribution in [2.24, 2.45) is 0 Å². The summed E-state index contributed by atoms with van der Waals surface area (Å²) in [6.45, 7) is 9.26. The molecule has 3 aromatic rings. The zero-order valence-electron chi connectivity index (χ0n) is 22.2. The van der Waals surface area contributed by atoms with Crippen LogP contribution in [0.2, 0.25) is 0 Å². The van der Waals surface area contributed by atoms with E-state index in [4.69, 9.17) is 9.47 Å². The number of aliphatic hydroxyl groups excluding tert-OH is 1. The Balaban J connectivity index is 1.92. The van der Waals surface area contributed by atoms with Crippen molar-refractivity contribution in [2.45, 2.75) is 33.7 Å². The highest BCUT2D eigenvalue weighted by atomic mass is 16.5. The van der Waals surface area contributed by atoms with Gasteiger partial charge in [-0.05, 0) is 71.1 Å². The number of amides is 1. The van der Waals surface area contributed by atoms with Gasteiger partial charge in [-0.1, -0.05) is 12.1 Å². The Hall–Kier alpha value is -3.85. The van der Waals surface area contributed by atoms with Crippen molar-refractivity contribution in [1.29, 1.82) is 0 Å². The molecule has 0 aliphatic carbocycles. The third-order valence-electron chi connectivity index (χ3n) is 6.52. The zero-order valence-corrected chi connectivity index (χ0v) is 22.2. The van der Waals surface area contributed by atoms with E-state index in [2.05, 4.69) is 4.98 Å². The first-order chi connectivity index (χ1) is 17.7. The summed E-state index contributed by atoms with van der Waals surface area (Å²) in [7, 11) is 3.80. The molecular weight excluding hydrogens is 472 g/mol. The first-order valence-electron chi connectivity index (χ1n) is 12.5. The summed E-state index contributed by atoms with van der Waals surface area (Å²) in [4.78, 5) is 34.8. The predicted molar refractivity (Wildman–Crippen MR) is 141 cm³/mol. The van der Waals surface area contributed by atoms with Gasteiger partial charge < -0.3 is 28.8 Å². The average molecular weight is 507 g/mol. The molecule has 4 rings (SSSR count). The van der Waals surface area contributed by atoms with Crippen molar-refractivity contribution >= 4 is 23.1 Å². The minimum absolute atomic E-state index is 0.0134. The minimum Gasteiger partial charge on any atom is -0.505 e. The van der Waals surface area contributed by atoms with Crippen LogP contribution in [0.3, 0.4) is 0 Å². The lowest BCUT2D eigenvalue weighted by molar-refractivity contribution is -0.140. The van der Waals surface area contributed by atoms with E-state index in [9.17, 15) is 14.7 Å². The standard InChI is InChI=1S/C28H34N4O5/c1-7-36-20-12-11-19(16-21(20)37-8-2)24-22(26(34)28(35)32(24)15-14-30(5)6)25(33)23-18(4)31-13-9-10-17(3)27(31)29-23/h9-13,16,24,33H,7-8,14-15H2,1-6H3/b25-22+. The van der Waals surface area contributed by atoms with Gasteiger partial charge in [-0.15, -0.1) is 0 Å². The van der Waals surface area contributed by atoms with Crippen molar-refractivity contribution in [2.75, 3.05) is 40.4 Å². The number of carbonyl (C=O) groups excluding carboxylic acids is 2. The van der Waals surface area contributed by atoms with Gasteiger partial charge >= 0.3 is 0 Å². The van der Waals surface area contributed by atoms with Crippen LogP contribution in [0.15, 0.2) is 42.1 Å². The largest absolute Gasteiger partial charge is 0.505 e. The molecule has 0 saturated carbocycles. The summed E-state index contributed by atoms with van der Waals surface area (Å²) in [5, 5.41) is 11.6. The summed E-state index contributed by atoms with van der Waals surface area (Å²) in [6, 6.07) is 8.38. The number of aromatic nitrogens is 2. The number of fused-ring (bicyclic) bond motifs is 1. The molecule has 196 valence electrons. The molecule has 1 unspecified atom stereocenters. The molecule has 3 heterocycles. The van der Waals surface area contributed by atoms with E-state index in [1.807, 2.05) is 69.4 Å². The summed E-state index contributed by atoms with van der Waals surface area (Å²) < 4.78 is 13.4. The zero-order chi connectivity index (χ0) is 26.9. The quantitative estimate of drug-likeness (QED) is 0.268. The number of rotatable bonds is 9. The highest BCUT2D eigenvalue weighted by Gasteiger charge is 2.46. The predicted octanol–water partition coefficient (Wildman–Crippen LogP) is 3.73. The Bertz CT molecular complexity index is 1370. The van der Waals surface area contributed by atoms with Gasteiger partial charge in [0.15, 0.2) is 17.3 Å². The number of nitrogens with zero attached hydrogens (tertiary/aromatic N) is 4. The van der Waals surface area contributed by atoms with Gasteiger partial charge in [-0.3, -0.25) is 9.59 Å². The normalized spacial score (nSPS) is 17.3. The third kappa shape index (κ3) is 4.79. The highest BCUT2D eigenvalue weighted by Crippen LogP contribution is 2.42. The van der Waals surface area contributed by atoms with Crippen LogP contribution in [0.5, 0.6) is 11.5 Å². The Morgan fingerprint density at radius 3 is 2.43 bits per heavy atom. The summed E-state index contributed by atoms with van der Waals surface area (Å²) in [5.41, 5.74) is 3.22. The molecule has 1 aromatic carbocycles. The van der Waals surface area contributed by atoms with E-state index in [1.54, 1.807) is 18.2 Å². The molecule has 37 heavy (non-hydrogen) atoms. The van der Waals surface area contributed by atoms with Crippen molar-refractivity contribution in [3.8, 4) is 11.5 Å². The molecule has 0 spiro atoms. The maximum Gasteiger partial charge on any atom is 0.295 e. The first-order valence-corrected chi connectivity index (χ1v) is 12.5. The number of aliphatic hydroxyl groups is 1. The van der Waals surface area contributed by atoms with E-state index in [1.165, 1.54) is 4.90 Å². The van der Waals surface area contributed by atoms with Gasteiger partial charge in [-0.2, -0.15) is 0 Å². The summed E-state index contributed by atoms with van der Waals surface area (Å²) in [5.74, 6) is -0.591. The van der Waals surface area contributed by atoms with E-state index in [-0.39, 0.29) is 17.0 Å². The number of ketones is 1. The first kappa shape index (κ1) is 26.2. The van der Waals surface area contributed by atoms with E-state index in [0.717, 1.165) is 5.56 Å². The third-order valence-corrected chi connectivity index (χ3v) is 6.52. The Kier molecular flexibility index (Phi) is 7.54. The van der Waals surface area contributed by atoms with Crippen molar-refractivity contribution in [3.63, 3.8) is 0 Å². The fourth-order valence-corrected chi connectivity index (χ4v) is 4.68. The molecule has 0 radical (unpaired) electrons. The van der Waals surface area contributed by atoms with Crippen LogP contribution in [-0.4, -0.2) is 76.4 Å². The Morgan fingerprint density at radius 2 is 1.78 bits per heavy atom. The molecule has 1 fully saturated rings. The van der Waals surface area contributed by atoms with Gasteiger partial charge in [0.25, 0.3) is 11.7 Å². The van der Waals surface area contributed by atoms with Crippen LogP contribution in [0.4, 0.5) is 0 Å². The van der Waals surface area contributed by atoms with Crippen molar-refractivity contribution in [1.82, 2.24) is 19.2 Å². The molecule has 1 saturated heterocycles.